The molecule has 0 spiro atoms. The minimum atomic E-state index is -0.299. The average Bonchev–Trinajstić information content (AvgIpc) is 3.07. The first kappa shape index (κ1) is 22.0. The van der Waals surface area contributed by atoms with Crippen LogP contribution in [0.5, 0.6) is 0 Å². The van der Waals surface area contributed by atoms with Crippen molar-refractivity contribution in [1.82, 2.24) is 24.6 Å². The molecule has 1 saturated heterocycles. The van der Waals surface area contributed by atoms with Gasteiger partial charge in [-0.3, -0.25) is 4.79 Å². The van der Waals surface area contributed by atoms with Gasteiger partial charge in [-0.15, -0.1) is 5.10 Å². The van der Waals surface area contributed by atoms with Gasteiger partial charge in [-0.25, -0.2) is 9.78 Å². The van der Waals surface area contributed by atoms with Crippen LogP contribution in [-0.2, 0) is 16.0 Å². The van der Waals surface area contributed by atoms with Gasteiger partial charge in [-0.2, -0.15) is 16.4 Å². The Kier molecular flexibility index (Phi) is 8.43. The zero-order valence-electron chi connectivity index (χ0n) is 16.7. The summed E-state index contributed by atoms with van der Waals surface area (Å²) in [5, 5.41) is 4.94. The van der Waals surface area contributed by atoms with Gasteiger partial charge in [-0.1, -0.05) is 25.6 Å². The number of ether oxygens (including phenoxy) is 1. The highest BCUT2D eigenvalue weighted by Crippen LogP contribution is 2.27. The quantitative estimate of drug-likeness (QED) is 0.629. The van der Waals surface area contributed by atoms with E-state index < -0.39 is 0 Å². The van der Waals surface area contributed by atoms with E-state index >= 15 is 0 Å². The molecule has 8 nitrogen and oxygen atoms in total. The number of nitrogens with zero attached hydrogens (tertiary/aromatic N) is 5. The molecule has 0 N–H and O–H groups in total. The van der Waals surface area contributed by atoms with E-state index in [0.717, 1.165) is 0 Å². The van der Waals surface area contributed by atoms with Crippen molar-refractivity contribution in [3.8, 4) is 0 Å². The summed E-state index contributed by atoms with van der Waals surface area (Å²) in [6.45, 7) is 6.42. The second-order valence-corrected chi connectivity index (χ2v) is 9.05. The summed E-state index contributed by atoms with van der Waals surface area (Å²) >= 11 is 3.05. The molecule has 1 aromatic rings. The van der Waals surface area contributed by atoms with Crippen LogP contribution in [0.25, 0.3) is 0 Å². The molecule has 1 aliphatic heterocycles. The van der Waals surface area contributed by atoms with Crippen LogP contribution in [0.2, 0.25) is 0 Å². The molecule has 27 heavy (non-hydrogen) atoms. The topological polar surface area (TPSA) is 80.6 Å². The highest BCUT2D eigenvalue weighted by Gasteiger charge is 2.29. The average molecular weight is 416 g/mol. The molecule has 2 rings (SSSR count). The number of rotatable bonds is 7. The van der Waals surface area contributed by atoms with E-state index in [9.17, 15) is 9.59 Å². The lowest BCUT2D eigenvalue weighted by molar-refractivity contribution is -0.134. The summed E-state index contributed by atoms with van der Waals surface area (Å²) in [4.78, 5) is 33.3. The van der Waals surface area contributed by atoms with E-state index in [-0.39, 0.29) is 17.2 Å². The molecule has 1 aromatic heterocycles. The van der Waals surface area contributed by atoms with Crippen LogP contribution in [0, 0.1) is 0 Å². The van der Waals surface area contributed by atoms with Gasteiger partial charge in [0.25, 0.3) is 0 Å². The third kappa shape index (κ3) is 5.86. The van der Waals surface area contributed by atoms with E-state index in [1.165, 1.54) is 21.3 Å². The van der Waals surface area contributed by atoms with Crippen molar-refractivity contribution < 1.29 is 14.3 Å². The monoisotopic (exact) mass is 415 g/mol. The van der Waals surface area contributed by atoms with Crippen molar-refractivity contribution in [2.45, 2.75) is 42.3 Å². The first-order valence-electron chi connectivity index (χ1n) is 9.10. The fraction of sp³-hybridized carbons (Fsp3) is 0.765. The predicted octanol–water partition coefficient (Wildman–Crippen LogP) is 1.83. The van der Waals surface area contributed by atoms with E-state index in [2.05, 4.69) is 17.0 Å². The van der Waals surface area contributed by atoms with Gasteiger partial charge in [0.2, 0.25) is 5.91 Å². The number of carbonyl (C=O) groups excluding carboxylic acids is 2. The molecule has 2 heterocycles. The number of thioether (sulfide) groups is 2. The zero-order valence-corrected chi connectivity index (χ0v) is 18.3. The van der Waals surface area contributed by atoms with Crippen LogP contribution in [0.15, 0.2) is 5.16 Å². The minimum absolute atomic E-state index is 0.0664. The Labute approximate surface area is 169 Å². The van der Waals surface area contributed by atoms with Crippen LogP contribution in [0.1, 0.15) is 26.1 Å². The van der Waals surface area contributed by atoms with E-state index in [1.54, 1.807) is 25.9 Å². The lowest BCUT2D eigenvalue weighted by atomic mass is 10.2. The largest absolute Gasteiger partial charge is 0.378 e. The van der Waals surface area contributed by atoms with Crippen LogP contribution in [0.4, 0.5) is 4.79 Å². The maximum atomic E-state index is 12.9. The number of morpholine rings is 1. The molecule has 10 heteroatoms. The number of carbonyl (C=O) groups is 2. The maximum absolute atomic E-state index is 12.9. The van der Waals surface area contributed by atoms with Crippen LogP contribution >= 0.6 is 23.5 Å². The summed E-state index contributed by atoms with van der Waals surface area (Å²) in [5.41, 5.74) is 0. The summed E-state index contributed by atoms with van der Waals surface area (Å²) < 4.78 is 6.65. The smallest absolute Gasteiger partial charge is 0.346 e. The highest BCUT2D eigenvalue weighted by molar-refractivity contribution is 8.00. The van der Waals surface area contributed by atoms with Gasteiger partial charge in [0.15, 0.2) is 11.0 Å². The van der Waals surface area contributed by atoms with Crippen molar-refractivity contribution in [1.29, 1.82) is 0 Å². The predicted molar refractivity (Wildman–Crippen MR) is 109 cm³/mol. The lowest BCUT2D eigenvalue weighted by Crippen LogP contribution is -2.44. The van der Waals surface area contributed by atoms with Crippen LogP contribution in [0.3, 0.4) is 0 Å². The van der Waals surface area contributed by atoms with Crippen molar-refractivity contribution in [3.05, 3.63) is 5.82 Å². The van der Waals surface area contributed by atoms with Gasteiger partial charge in [-0.05, 0) is 12.7 Å². The number of amides is 2. The molecular weight excluding hydrogens is 386 g/mol. The van der Waals surface area contributed by atoms with Gasteiger partial charge < -0.3 is 14.5 Å². The third-order valence-electron chi connectivity index (χ3n) is 4.27. The van der Waals surface area contributed by atoms with Crippen molar-refractivity contribution in [2.75, 3.05) is 46.7 Å². The molecule has 2 unspecified atom stereocenters. The van der Waals surface area contributed by atoms with Crippen LogP contribution in [-0.4, -0.2) is 93.7 Å². The Morgan fingerprint density at radius 1 is 1.30 bits per heavy atom. The summed E-state index contributed by atoms with van der Waals surface area (Å²) in [5.74, 6) is 0.694. The Morgan fingerprint density at radius 3 is 2.52 bits per heavy atom. The first-order chi connectivity index (χ1) is 12.9. The first-order valence-corrected chi connectivity index (χ1v) is 11.3. The van der Waals surface area contributed by atoms with E-state index in [1.807, 2.05) is 18.1 Å². The highest BCUT2D eigenvalue weighted by atomic mass is 32.2. The van der Waals surface area contributed by atoms with Crippen LogP contribution < -0.4 is 0 Å². The SMILES string of the molecule is CCC(Sc1nc(CC(C)SC)nn1C(=O)N(C)C)C(=O)N1CCOCC1. The molecule has 1 fully saturated rings. The van der Waals surface area contributed by atoms with Gasteiger partial charge in [0.05, 0.1) is 18.5 Å². The lowest BCUT2D eigenvalue weighted by Gasteiger charge is -2.29. The molecule has 1 aliphatic rings. The van der Waals surface area contributed by atoms with E-state index in [4.69, 9.17) is 4.74 Å². The molecule has 2 atom stereocenters. The van der Waals surface area contributed by atoms with Gasteiger partial charge in [0, 0.05) is 38.9 Å². The number of hydrogen-bond acceptors (Lipinski definition) is 7. The van der Waals surface area contributed by atoms with E-state index in [0.29, 0.717) is 55.4 Å². The summed E-state index contributed by atoms with van der Waals surface area (Å²) in [6, 6.07) is -0.262. The molecule has 0 saturated carbocycles. The molecule has 0 aliphatic carbocycles. The molecule has 152 valence electrons. The number of aromatic nitrogens is 3. The third-order valence-corrected chi connectivity index (χ3v) is 6.54. The molecule has 2 amide bonds. The zero-order chi connectivity index (χ0) is 20.0. The normalized spacial score (nSPS) is 16.9. The standard InChI is InChI=1S/C17H29N5O3S2/c1-6-13(15(23)21-7-9-25-10-8-21)27-16-18-14(11-12(2)26-5)19-22(16)17(24)20(3)4/h12-13H,6-11H2,1-5H3. The van der Waals surface area contributed by atoms with Crippen molar-refractivity contribution in [3.63, 3.8) is 0 Å². The van der Waals surface area contributed by atoms with Gasteiger partial charge in [0.1, 0.15) is 0 Å². The Balaban J connectivity index is 2.22. The molecule has 0 radical (unpaired) electrons. The maximum Gasteiger partial charge on any atom is 0.346 e. The fourth-order valence-electron chi connectivity index (χ4n) is 2.58. The molecular formula is C17H29N5O3S2. The van der Waals surface area contributed by atoms with Gasteiger partial charge >= 0.3 is 6.03 Å². The number of hydrogen-bond donors (Lipinski definition) is 0. The molecule has 0 bridgehead atoms. The Hall–Kier alpha value is -1.26. The fourth-order valence-corrected chi connectivity index (χ4v) is 3.94. The Morgan fingerprint density at radius 2 is 1.96 bits per heavy atom. The Bertz CT molecular complexity index is 647. The molecule has 0 aromatic carbocycles. The second kappa shape index (κ2) is 10.3. The van der Waals surface area contributed by atoms with Crippen molar-refractivity contribution in [2.24, 2.45) is 0 Å². The summed E-state index contributed by atoms with van der Waals surface area (Å²) in [7, 11) is 3.36. The summed E-state index contributed by atoms with van der Waals surface area (Å²) in [6.07, 6.45) is 3.37. The second-order valence-electron chi connectivity index (χ2n) is 6.60. The van der Waals surface area contributed by atoms with Crippen molar-refractivity contribution >= 4 is 35.5 Å². The minimum Gasteiger partial charge on any atom is -0.378 e.